The third-order valence-electron chi connectivity index (χ3n) is 2.52. The van der Waals surface area contributed by atoms with E-state index in [0.717, 1.165) is 0 Å². The van der Waals surface area contributed by atoms with Crippen molar-refractivity contribution in [2.24, 2.45) is 5.92 Å². The number of carbonyl (C=O) groups is 1. The van der Waals surface area contributed by atoms with Crippen molar-refractivity contribution in [3.8, 4) is 0 Å². The molecule has 1 aromatic carbocycles. The van der Waals surface area contributed by atoms with Gasteiger partial charge in [0.15, 0.2) is 5.78 Å². The first kappa shape index (κ1) is 9.79. The molecule has 5 heteroatoms. The minimum atomic E-state index is -0.515. The quantitative estimate of drug-likeness (QED) is 0.455. The van der Waals surface area contributed by atoms with Gasteiger partial charge in [-0.1, -0.05) is 12.1 Å². The van der Waals surface area contributed by atoms with Crippen LogP contribution in [-0.4, -0.2) is 23.8 Å². The summed E-state index contributed by atoms with van der Waals surface area (Å²) in [7, 11) is 0. The average molecular weight is 206 g/mol. The third-order valence-corrected chi connectivity index (χ3v) is 2.52. The molecule has 78 valence electrons. The summed E-state index contributed by atoms with van der Waals surface area (Å²) in [6.07, 6.45) is 0. The zero-order chi connectivity index (χ0) is 10.8. The molecule has 0 amide bonds. The van der Waals surface area contributed by atoms with Crippen LogP contribution in [0.15, 0.2) is 24.3 Å². The maximum absolute atomic E-state index is 11.8. The summed E-state index contributed by atoms with van der Waals surface area (Å²) in [5.41, 5.74) is 0.114. The molecule has 5 nitrogen and oxygen atoms in total. The van der Waals surface area contributed by atoms with Gasteiger partial charge in [-0.2, -0.15) is 0 Å². The fraction of sp³-hybridized carbons (Fsp3) is 0.300. The number of hydrogen-bond acceptors (Lipinski definition) is 4. The average Bonchev–Trinajstić information content (AvgIpc) is 2.15. The summed E-state index contributed by atoms with van der Waals surface area (Å²) in [4.78, 5) is 22.0. The number of nitro benzene ring substituents is 1. The van der Waals surface area contributed by atoms with Crippen LogP contribution in [-0.2, 0) is 0 Å². The zero-order valence-electron chi connectivity index (χ0n) is 7.97. The second kappa shape index (κ2) is 3.78. The molecule has 0 unspecified atom stereocenters. The molecule has 0 radical (unpaired) electrons. The van der Waals surface area contributed by atoms with E-state index >= 15 is 0 Å². The van der Waals surface area contributed by atoms with Crippen LogP contribution in [0.1, 0.15) is 10.4 Å². The van der Waals surface area contributed by atoms with Crippen LogP contribution in [0, 0.1) is 16.0 Å². The molecule has 0 atom stereocenters. The second-order valence-electron chi connectivity index (χ2n) is 3.49. The predicted octanol–water partition coefficient (Wildman–Crippen LogP) is 0.997. The number of ketones is 1. The minimum absolute atomic E-state index is 0.102. The van der Waals surface area contributed by atoms with Crippen LogP contribution in [0.4, 0.5) is 5.69 Å². The lowest BCUT2D eigenvalue weighted by atomic mass is 9.92. The Morgan fingerprint density at radius 3 is 2.60 bits per heavy atom. The highest BCUT2D eigenvalue weighted by atomic mass is 16.6. The topological polar surface area (TPSA) is 72.2 Å². The van der Waals surface area contributed by atoms with E-state index in [9.17, 15) is 14.9 Å². The van der Waals surface area contributed by atoms with Gasteiger partial charge in [0.2, 0.25) is 0 Å². The van der Waals surface area contributed by atoms with Crippen LogP contribution in [0.5, 0.6) is 0 Å². The summed E-state index contributed by atoms with van der Waals surface area (Å²) in [6.45, 7) is 1.23. The van der Waals surface area contributed by atoms with Crippen molar-refractivity contribution in [1.82, 2.24) is 5.32 Å². The maximum atomic E-state index is 11.8. The SMILES string of the molecule is O=C(c1ccccc1[N+](=O)[O-])C1CNC1. The molecule has 0 bridgehead atoms. The molecule has 2 rings (SSSR count). The van der Waals surface area contributed by atoms with E-state index < -0.39 is 4.92 Å². The van der Waals surface area contributed by atoms with Gasteiger partial charge >= 0.3 is 0 Å². The van der Waals surface area contributed by atoms with Gasteiger partial charge in [0.25, 0.3) is 5.69 Å². The fourth-order valence-corrected chi connectivity index (χ4v) is 1.54. The molecule has 1 aromatic rings. The number of nitro groups is 1. The summed E-state index contributed by atoms with van der Waals surface area (Å²) in [5, 5.41) is 13.7. The van der Waals surface area contributed by atoms with E-state index in [1.807, 2.05) is 0 Å². The maximum Gasteiger partial charge on any atom is 0.280 e. The van der Waals surface area contributed by atoms with Crippen LogP contribution in [0.25, 0.3) is 0 Å². The number of rotatable bonds is 3. The lowest BCUT2D eigenvalue weighted by Crippen LogP contribution is -2.46. The molecule has 15 heavy (non-hydrogen) atoms. The Morgan fingerprint density at radius 1 is 1.40 bits per heavy atom. The van der Waals surface area contributed by atoms with Crippen LogP contribution >= 0.6 is 0 Å². The van der Waals surface area contributed by atoms with E-state index in [0.29, 0.717) is 13.1 Å². The van der Waals surface area contributed by atoms with Crippen molar-refractivity contribution in [1.29, 1.82) is 0 Å². The van der Waals surface area contributed by atoms with Crippen molar-refractivity contribution in [2.45, 2.75) is 0 Å². The molecule has 1 saturated heterocycles. The molecule has 0 saturated carbocycles. The van der Waals surface area contributed by atoms with Crippen molar-refractivity contribution < 1.29 is 9.72 Å². The van der Waals surface area contributed by atoms with Crippen LogP contribution in [0.2, 0.25) is 0 Å². The largest absolute Gasteiger partial charge is 0.315 e. The first-order chi connectivity index (χ1) is 7.20. The summed E-state index contributed by atoms with van der Waals surface area (Å²) >= 11 is 0. The first-order valence-electron chi connectivity index (χ1n) is 4.68. The highest BCUT2D eigenvalue weighted by Gasteiger charge is 2.30. The molecule has 0 aromatic heterocycles. The van der Waals surface area contributed by atoms with Crippen molar-refractivity contribution in [3.05, 3.63) is 39.9 Å². The fourth-order valence-electron chi connectivity index (χ4n) is 1.54. The van der Waals surface area contributed by atoms with E-state index in [4.69, 9.17) is 0 Å². The van der Waals surface area contributed by atoms with Gasteiger partial charge in [-0.05, 0) is 6.07 Å². The number of para-hydroxylation sites is 1. The van der Waals surface area contributed by atoms with Crippen LogP contribution < -0.4 is 5.32 Å². The third kappa shape index (κ3) is 1.73. The molecular formula is C10H10N2O3. The second-order valence-corrected chi connectivity index (χ2v) is 3.49. The van der Waals surface area contributed by atoms with Crippen LogP contribution in [0.3, 0.4) is 0 Å². The molecule has 1 heterocycles. The normalized spacial score (nSPS) is 15.7. The summed E-state index contributed by atoms with van der Waals surface area (Å²) in [6, 6.07) is 6.08. The Kier molecular flexibility index (Phi) is 2.47. The number of benzene rings is 1. The monoisotopic (exact) mass is 206 g/mol. The Hall–Kier alpha value is -1.75. The zero-order valence-corrected chi connectivity index (χ0v) is 7.97. The molecule has 0 aliphatic carbocycles. The standard InChI is InChI=1S/C10H10N2O3/c13-10(7-5-11-6-7)8-3-1-2-4-9(8)12(14)15/h1-4,7,11H,5-6H2. The molecule has 1 aliphatic heterocycles. The smallest absolute Gasteiger partial charge is 0.280 e. The van der Waals surface area contributed by atoms with E-state index in [1.54, 1.807) is 12.1 Å². The lowest BCUT2D eigenvalue weighted by Gasteiger charge is -2.25. The Labute approximate surface area is 86.2 Å². The molecule has 1 N–H and O–H groups in total. The predicted molar refractivity (Wildman–Crippen MR) is 53.8 cm³/mol. The molecule has 0 spiro atoms. The highest BCUT2D eigenvalue weighted by Crippen LogP contribution is 2.22. The lowest BCUT2D eigenvalue weighted by molar-refractivity contribution is -0.385. The Morgan fingerprint density at radius 2 is 2.07 bits per heavy atom. The van der Waals surface area contributed by atoms with Crippen molar-refractivity contribution >= 4 is 11.5 Å². The molecule has 1 aliphatic rings. The summed E-state index contributed by atoms with van der Waals surface area (Å²) in [5.74, 6) is -0.243. The van der Waals surface area contributed by atoms with Gasteiger partial charge in [-0.25, -0.2) is 0 Å². The van der Waals surface area contributed by atoms with Gasteiger partial charge in [0.1, 0.15) is 0 Å². The van der Waals surface area contributed by atoms with E-state index in [1.165, 1.54) is 12.1 Å². The number of hydrogen-bond donors (Lipinski definition) is 1. The van der Waals surface area contributed by atoms with E-state index in [-0.39, 0.29) is 23.0 Å². The summed E-state index contributed by atoms with van der Waals surface area (Å²) < 4.78 is 0. The highest BCUT2D eigenvalue weighted by molar-refractivity contribution is 6.02. The van der Waals surface area contributed by atoms with Crippen molar-refractivity contribution in [2.75, 3.05) is 13.1 Å². The van der Waals surface area contributed by atoms with Gasteiger partial charge in [-0.3, -0.25) is 14.9 Å². The number of Topliss-reactive ketones (excluding diaryl/α,β-unsaturated/α-hetero) is 1. The van der Waals surface area contributed by atoms with Gasteiger partial charge in [-0.15, -0.1) is 0 Å². The number of carbonyl (C=O) groups excluding carboxylic acids is 1. The number of nitrogens with zero attached hydrogens (tertiary/aromatic N) is 1. The van der Waals surface area contributed by atoms with E-state index in [2.05, 4.69) is 5.32 Å². The molecular weight excluding hydrogens is 196 g/mol. The molecule has 1 fully saturated rings. The minimum Gasteiger partial charge on any atom is -0.315 e. The van der Waals surface area contributed by atoms with Gasteiger partial charge < -0.3 is 5.32 Å². The van der Waals surface area contributed by atoms with Gasteiger partial charge in [0.05, 0.1) is 10.5 Å². The van der Waals surface area contributed by atoms with Gasteiger partial charge in [0, 0.05) is 25.1 Å². The van der Waals surface area contributed by atoms with Crippen molar-refractivity contribution in [3.63, 3.8) is 0 Å². The first-order valence-corrected chi connectivity index (χ1v) is 4.68. The Bertz CT molecular complexity index is 413. The Balaban J connectivity index is 2.33. The number of nitrogens with one attached hydrogen (secondary N) is 1.